The first-order valence-corrected chi connectivity index (χ1v) is 8.90. The summed E-state index contributed by atoms with van der Waals surface area (Å²) in [6, 6.07) is 8.30. The quantitative estimate of drug-likeness (QED) is 0.818. The van der Waals surface area contributed by atoms with Crippen molar-refractivity contribution in [2.75, 3.05) is 13.1 Å². The van der Waals surface area contributed by atoms with E-state index < -0.39 is 12.0 Å². The van der Waals surface area contributed by atoms with E-state index in [0.717, 1.165) is 24.8 Å². The van der Waals surface area contributed by atoms with Crippen molar-refractivity contribution >= 4 is 17.8 Å². The molecule has 2 unspecified atom stereocenters. The van der Waals surface area contributed by atoms with Crippen LogP contribution < -0.4 is 5.32 Å². The summed E-state index contributed by atoms with van der Waals surface area (Å²) < 4.78 is 0. The molecule has 2 atom stereocenters. The minimum atomic E-state index is -1.04. The zero-order valence-electron chi connectivity index (χ0n) is 14.2. The van der Waals surface area contributed by atoms with Crippen LogP contribution in [0.4, 0.5) is 0 Å². The molecule has 134 valence electrons. The van der Waals surface area contributed by atoms with Crippen LogP contribution in [0.1, 0.15) is 31.2 Å². The van der Waals surface area contributed by atoms with Gasteiger partial charge in [-0.15, -0.1) is 0 Å². The van der Waals surface area contributed by atoms with Gasteiger partial charge in [0.2, 0.25) is 11.8 Å². The number of amides is 2. The number of piperidine rings is 1. The van der Waals surface area contributed by atoms with Crippen LogP contribution in [0.3, 0.4) is 0 Å². The maximum atomic E-state index is 12.5. The van der Waals surface area contributed by atoms with Crippen molar-refractivity contribution < 1.29 is 19.5 Å². The van der Waals surface area contributed by atoms with Gasteiger partial charge in [0.05, 0.1) is 5.92 Å². The van der Waals surface area contributed by atoms with Crippen molar-refractivity contribution in [1.82, 2.24) is 10.2 Å². The summed E-state index contributed by atoms with van der Waals surface area (Å²) in [6.45, 7) is 1.10. The van der Waals surface area contributed by atoms with Gasteiger partial charge in [-0.25, -0.2) is 4.79 Å². The second-order valence-electron chi connectivity index (χ2n) is 6.99. The van der Waals surface area contributed by atoms with Gasteiger partial charge in [0.25, 0.3) is 0 Å². The highest BCUT2D eigenvalue weighted by Gasteiger charge is 2.37. The van der Waals surface area contributed by atoms with Crippen LogP contribution in [0.15, 0.2) is 30.3 Å². The van der Waals surface area contributed by atoms with E-state index in [0.29, 0.717) is 19.5 Å². The summed E-state index contributed by atoms with van der Waals surface area (Å²) >= 11 is 0. The Hall–Kier alpha value is -2.37. The molecule has 0 bridgehead atoms. The number of carbonyl (C=O) groups excluding carboxylic acids is 2. The zero-order valence-corrected chi connectivity index (χ0v) is 14.2. The minimum Gasteiger partial charge on any atom is -0.480 e. The number of nitrogens with zero attached hydrogens (tertiary/aromatic N) is 1. The molecule has 1 aromatic carbocycles. The number of hydrogen-bond donors (Lipinski definition) is 2. The number of carboxylic acid groups (broad SMARTS) is 1. The van der Waals surface area contributed by atoms with Crippen LogP contribution in [0, 0.1) is 11.8 Å². The van der Waals surface area contributed by atoms with Crippen molar-refractivity contribution in [2.24, 2.45) is 11.8 Å². The molecule has 6 heteroatoms. The van der Waals surface area contributed by atoms with Gasteiger partial charge >= 0.3 is 5.97 Å². The molecule has 2 fully saturated rings. The van der Waals surface area contributed by atoms with E-state index in [1.54, 1.807) is 4.90 Å². The number of nitrogens with one attached hydrogen (secondary N) is 1. The third-order valence-corrected chi connectivity index (χ3v) is 4.93. The van der Waals surface area contributed by atoms with Gasteiger partial charge in [-0.05, 0) is 31.2 Å². The molecular weight excluding hydrogens is 320 g/mol. The molecule has 1 aromatic rings. The summed E-state index contributed by atoms with van der Waals surface area (Å²) in [5.74, 6) is -1.34. The van der Waals surface area contributed by atoms with Crippen LogP contribution in [0.25, 0.3) is 0 Å². The Morgan fingerprint density at radius 2 is 1.84 bits per heavy atom. The van der Waals surface area contributed by atoms with Crippen molar-refractivity contribution in [2.45, 2.75) is 38.1 Å². The van der Waals surface area contributed by atoms with Crippen LogP contribution >= 0.6 is 0 Å². The summed E-state index contributed by atoms with van der Waals surface area (Å²) in [6.07, 6.45) is 3.62. The molecule has 3 rings (SSSR count). The van der Waals surface area contributed by atoms with Crippen LogP contribution in [0.2, 0.25) is 0 Å². The van der Waals surface area contributed by atoms with E-state index in [4.69, 9.17) is 0 Å². The topological polar surface area (TPSA) is 86.7 Å². The Balaban J connectivity index is 1.58. The zero-order chi connectivity index (χ0) is 17.8. The van der Waals surface area contributed by atoms with E-state index in [1.165, 1.54) is 0 Å². The number of carboxylic acids is 1. The lowest BCUT2D eigenvalue weighted by Gasteiger charge is -2.32. The molecule has 2 N–H and O–H groups in total. The van der Waals surface area contributed by atoms with Gasteiger partial charge in [0, 0.05) is 25.4 Å². The molecule has 1 aliphatic heterocycles. The lowest BCUT2D eigenvalue weighted by Crippen LogP contribution is -2.50. The third kappa shape index (κ3) is 4.59. The highest BCUT2D eigenvalue weighted by atomic mass is 16.4. The normalized spacial score (nSPS) is 21.4. The highest BCUT2D eigenvalue weighted by molar-refractivity contribution is 5.86. The summed E-state index contributed by atoms with van der Waals surface area (Å²) in [4.78, 5) is 38.0. The first kappa shape index (κ1) is 17.5. The van der Waals surface area contributed by atoms with E-state index >= 15 is 0 Å². The lowest BCUT2D eigenvalue weighted by molar-refractivity contribution is -0.144. The van der Waals surface area contributed by atoms with Gasteiger partial charge in [0.15, 0.2) is 0 Å². The largest absolute Gasteiger partial charge is 0.480 e. The summed E-state index contributed by atoms with van der Waals surface area (Å²) in [7, 11) is 0. The van der Waals surface area contributed by atoms with Gasteiger partial charge in [-0.2, -0.15) is 0 Å². The number of aliphatic carboxylic acids is 1. The average molecular weight is 344 g/mol. The van der Waals surface area contributed by atoms with Gasteiger partial charge in [-0.1, -0.05) is 30.3 Å². The van der Waals surface area contributed by atoms with Crippen LogP contribution in [-0.2, 0) is 20.8 Å². The van der Waals surface area contributed by atoms with Crippen LogP contribution in [0.5, 0.6) is 0 Å². The van der Waals surface area contributed by atoms with Crippen molar-refractivity contribution in [3.05, 3.63) is 35.9 Å². The fourth-order valence-electron chi connectivity index (χ4n) is 3.32. The SMILES string of the molecule is O=C(NC(Cc1ccccc1)C(=O)O)C1CCCN(C(=O)C2CC2)C1. The van der Waals surface area contributed by atoms with E-state index in [1.807, 2.05) is 30.3 Å². The van der Waals surface area contributed by atoms with Crippen LogP contribution in [-0.4, -0.2) is 46.9 Å². The van der Waals surface area contributed by atoms with E-state index in [2.05, 4.69) is 5.32 Å². The molecule has 1 aliphatic carbocycles. The molecule has 0 spiro atoms. The second kappa shape index (κ2) is 7.68. The summed E-state index contributed by atoms with van der Waals surface area (Å²) in [5, 5.41) is 12.1. The Kier molecular flexibility index (Phi) is 5.36. The lowest BCUT2D eigenvalue weighted by atomic mass is 9.95. The molecule has 1 saturated heterocycles. The highest BCUT2D eigenvalue weighted by Crippen LogP contribution is 2.32. The predicted molar refractivity (Wildman–Crippen MR) is 91.7 cm³/mol. The molecule has 0 aromatic heterocycles. The van der Waals surface area contributed by atoms with Gasteiger partial charge in [0.1, 0.15) is 6.04 Å². The minimum absolute atomic E-state index is 0.145. The number of benzene rings is 1. The number of hydrogen-bond acceptors (Lipinski definition) is 3. The van der Waals surface area contributed by atoms with E-state index in [-0.39, 0.29) is 30.1 Å². The molecule has 25 heavy (non-hydrogen) atoms. The van der Waals surface area contributed by atoms with Crippen molar-refractivity contribution in [1.29, 1.82) is 0 Å². The summed E-state index contributed by atoms with van der Waals surface area (Å²) in [5.41, 5.74) is 0.865. The first-order valence-electron chi connectivity index (χ1n) is 8.90. The molecular formula is C19H24N2O4. The Morgan fingerprint density at radius 1 is 1.12 bits per heavy atom. The Bertz CT molecular complexity index is 642. The van der Waals surface area contributed by atoms with Gasteiger partial charge in [-0.3, -0.25) is 9.59 Å². The molecule has 1 saturated carbocycles. The van der Waals surface area contributed by atoms with Crippen molar-refractivity contribution in [3.8, 4) is 0 Å². The maximum absolute atomic E-state index is 12.5. The molecule has 2 aliphatic rings. The number of likely N-dealkylation sites (tertiary alicyclic amines) is 1. The van der Waals surface area contributed by atoms with Gasteiger partial charge < -0.3 is 15.3 Å². The predicted octanol–water partition coefficient (Wildman–Crippen LogP) is 1.45. The molecule has 0 radical (unpaired) electrons. The fraction of sp³-hybridized carbons (Fsp3) is 0.526. The first-order chi connectivity index (χ1) is 12.0. The standard InChI is InChI=1S/C19H24N2O4/c22-17(15-7-4-10-21(12-15)18(23)14-8-9-14)20-16(19(24)25)11-13-5-2-1-3-6-13/h1-3,5-6,14-16H,4,7-12H2,(H,20,22)(H,24,25). The second-order valence-corrected chi connectivity index (χ2v) is 6.99. The fourth-order valence-corrected chi connectivity index (χ4v) is 3.32. The number of carbonyl (C=O) groups is 3. The molecule has 2 amide bonds. The third-order valence-electron chi connectivity index (χ3n) is 4.93. The molecule has 6 nitrogen and oxygen atoms in total. The van der Waals surface area contributed by atoms with Crippen molar-refractivity contribution in [3.63, 3.8) is 0 Å². The monoisotopic (exact) mass is 344 g/mol. The Labute approximate surface area is 147 Å². The number of rotatable bonds is 6. The Morgan fingerprint density at radius 3 is 2.48 bits per heavy atom. The van der Waals surface area contributed by atoms with E-state index in [9.17, 15) is 19.5 Å². The average Bonchev–Trinajstić information content (AvgIpc) is 3.46. The smallest absolute Gasteiger partial charge is 0.326 e. The molecule has 1 heterocycles. The maximum Gasteiger partial charge on any atom is 0.326 e.